The van der Waals surface area contributed by atoms with Gasteiger partial charge < -0.3 is 15.2 Å². The molecule has 3 N–H and O–H groups in total. The van der Waals surface area contributed by atoms with Crippen molar-refractivity contribution < 1.29 is 9.90 Å². The summed E-state index contributed by atoms with van der Waals surface area (Å²) in [6.07, 6.45) is 7.03. The summed E-state index contributed by atoms with van der Waals surface area (Å²) in [5.41, 5.74) is 10.3. The quantitative estimate of drug-likeness (QED) is 0.748. The minimum absolute atomic E-state index is 0.310. The van der Waals surface area contributed by atoms with Crippen LogP contribution in [0.15, 0.2) is 42.9 Å². The van der Waals surface area contributed by atoms with Crippen LogP contribution in [0.2, 0.25) is 0 Å². The number of imidazole rings is 1. The molecule has 3 aromatic rings. The largest absolute Gasteiger partial charge is 0.481 e. The highest BCUT2D eigenvalue weighted by Crippen LogP contribution is 2.27. The van der Waals surface area contributed by atoms with Crippen molar-refractivity contribution in [3.05, 3.63) is 48.5 Å². The van der Waals surface area contributed by atoms with E-state index in [2.05, 4.69) is 9.88 Å². The van der Waals surface area contributed by atoms with Crippen LogP contribution in [0.25, 0.3) is 16.9 Å². The zero-order valence-corrected chi connectivity index (χ0v) is 14.4. The fourth-order valence-corrected chi connectivity index (χ4v) is 3.61. The third-order valence-corrected chi connectivity index (χ3v) is 4.90. The fraction of sp³-hybridized carbons (Fsp3) is 0.316. The first-order valence-electron chi connectivity index (χ1n) is 8.74. The van der Waals surface area contributed by atoms with Gasteiger partial charge in [-0.15, -0.1) is 0 Å². The number of carbonyl (C=O) groups is 1. The van der Waals surface area contributed by atoms with Gasteiger partial charge in [-0.2, -0.15) is 0 Å². The molecule has 0 amide bonds. The van der Waals surface area contributed by atoms with Gasteiger partial charge >= 0.3 is 5.97 Å². The predicted molar refractivity (Wildman–Crippen MR) is 98.5 cm³/mol. The van der Waals surface area contributed by atoms with Crippen molar-refractivity contribution in [2.24, 2.45) is 5.92 Å². The Morgan fingerprint density at radius 2 is 2.23 bits per heavy atom. The maximum absolute atomic E-state index is 11.4. The minimum atomic E-state index is -0.718. The molecule has 134 valence electrons. The Balaban J connectivity index is 1.75. The van der Waals surface area contributed by atoms with Crippen LogP contribution in [-0.4, -0.2) is 43.4 Å². The number of fused-ring (bicyclic) bond motifs is 1. The summed E-state index contributed by atoms with van der Waals surface area (Å²) >= 11 is 0. The molecule has 7 nitrogen and oxygen atoms in total. The second-order valence-electron chi connectivity index (χ2n) is 6.75. The molecular formula is C19H21N5O2. The number of nitrogens with zero attached hydrogens (tertiary/aromatic N) is 4. The normalized spacial score (nSPS) is 18.2. The monoisotopic (exact) mass is 351 g/mol. The van der Waals surface area contributed by atoms with Crippen molar-refractivity contribution in [2.45, 2.75) is 19.4 Å². The van der Waals surface area contributed by atoms with Crippen LogP contribution in [0.3, 0.4) is 0 Å². The van der Waals surface area contributed by atoms with Gasteiger partial charge in [-0.1, -0.05) is 0 Å². The summed E-state index contributed by atoms with van der Waals surface area (Å²) in [5.74, 6) is -1.03. The SMILES string of the molecule is Nc1ccc2nc(-c3cccnc3)c(CN3CCCC(C(=O)O)C3)n2c1. The molecule has 0 aromatic carbocycles. The van der Waals surface area contributed by atoms with Gasteiger partial charge in [-0.05, 0) is 43.7 Å². The van der Waals surface area contributed by atoms with Gasteiger partial charge in [0, 0.05) is 42.9 Å². The average Bonchev–Trinajstić information content (AvgIpc) is 3.00. The second-order valence-corrected chi connectivity index (χ2v) is 6.75. The molecule has 3 aromatic heterocycles. The van der Waals surface area contributed by atoms with E-state index in [9.17, 15) is 9.90 Å². The molecule has 1 unspecified atom stereocenters. The van der Waals surface area contributed by atoms with E-state index in [0.29, 0.717) is 18.8 Å². The molecule has 0 bridgehead atoms. The summed E-state index contributed by atoms with van der Waals surface area (Å²) in [6, 6.07) is 7.60. The number of likely N-dealkylation sites (tertiary alicyclic amines) is 1. The van der Waals surface area contributed by atoms with Crippen LogP contribution >= 0.6 is 0 Å². The van der Waals surface area contributed by atoms with Crippen LogP contribution in [0.1, 0.15) is 18.5 Å². The van der Waals surface area contributed by atoms with E-state index in [-0.39, 0.29) is 5.92 Å². The van der Waals surface area contributed by atoms with Gasteiger partial charge in [-0.3, -0.25) is 14.7 Å². The smallest absolute Gasteiger partial charge is 0.307 e. The summed E-state index contributed by atoms with van der Waals surface area (Å²) in [4.78, 5) is 22.5. The lowest BCUT2D eigenvalue weighted by molar-refractivity contribution is -0.143. The Kier molecular flexibility index (Phi) is 4.30. The van der Waals surface area contributed by atoms with Crippen molar-refractivity contribution in [2.75, 3.05) is 18.8 Å². The number of nitrogen functional groups attached to an aromatic ring is 1. The highest BCUT2D eigenvalue weighted by atomic mass is 16.4. The molecule has 26 heavy (non-hydrogen) atoms. The molecule has 1 aliphatic heterocycles. The molecule has 0 saturated carbocycles. The number of rotatable bonds is 4. The number of nitrogens with two attached hydrogens (primary N) is 1. The average molecular weight is 351 g/mol. The Hall–Kier alpha value is -2.93. The topological polar surface area (TPSA) is 96.8 Å². The number of pyridine rings is 2. The lowest BCUT2D eigenvalue weighted by atomic mass is 9.98. The third-order valence-electron chi connectivity index (χ3n) is 4.90. The summed E-state index contributed by atoms with van der Waals surface area (Å²) in [7, 11) is 0. The lowest BCUT2D eigenvalue weighted by Crippen LogP contribution is -2.38. The van der Waals surface area contributed by atoms with Crippen LogP contribution in [0.5, 0.6) is 0 Å². The molecule has 0 aliphatic carbocycles. The van der Waals surface area contributed by atoms with Gasteiger partial charge in [0.25, 0.3) is 0 Å². The molecule has 1 aliphatic rings. The van der Waals surface area contributed by atoms with Crippen molar-refractivity contribution >= 4 is 17.3 Å². The summed E-state index contributed by atoms with van der Waals surface area (Å²) in [6.45, 7) is 2.06. The molecule has 4 heterocycles. The molecule has 1 atom stereocenters. The fourth-order valence-electron chi connectivity index (χ4n) is 3.61. The lowest BCUT2D eigenvalue weighted by Gasteiger charge is -2.30. The van der Waals surface area contributed by atoms with Crippen molar-refractivity contribution in [3.63, 3.8) is 0 Å². The van der Waals surface area contributed by atoms with E-state index in [0.717, 1.165) is 42.0 Å². The number of aromatic nitrogens is 3. The number of anilines is 1. The first kappa shape index (κ1) is 16.5. The van der Waals surface area contributed by atoms with E-state index < -0.39 is 5.97 Å². The molecule has 4 rings (SSSR count). The van der Waals surface area contributed by atoms with Crippen LogP contribution in [0.4, 0.5) is 5.69 Å². The molecule has 0 spiro atoms. The minimum Gasteiger partial charge on any atom is -0.481 e. The van der Waals surface area contributed by atoms with Crippen molar-refractivity contribution in [1.29, 1.82) is 0 Å². The number of carboxylic acid groups (broad SMARTS) is 1. The standard InChI is InChI=1S/C19H21N5O2/c20-15-5-6-17-22-18(13-3-1-7-21-9-13)16(24(17)11-15)12-23-8-2-4-14(10-23)19(25)26/h1,3,5-7,9,11,14H,2,4,8,10,12,20H2,(H,25,26). The summed E-state index contributed by atoms with van der Waals surface area (Å²) in [5, 5.41) is 9.35. The number of piperidine rings is 1. The van der Waals surface area contributed by atoms with Gasteiger partial charge in [0.2, 0.25) is 0 Å². The van der Waals surface area contributed by atoms with Crippen LogP contribution in [-0.2, 0) is 11.3 Å². The number of hydrogen-bond acceptors (Lipinski definition) is 5. The number of carboxylic acids is 1. The molecular weight excluding hydrogens is 330 g/mol. The van der Waals surface area contributed by atoms with E-state index in [1.54, 1.807) is 12.4 Å². The maximum Gasteiger partial charge on any atom is 0.307 e. The van der Waals surface area contributed by atoms with Gasteiger partial charge in [0.05, 0.1) is 17.3 Å². The molecule has 1 saturated heterocycles. The van der Waals surface area contributed by atoms with E-state index in [1.165, 1.54) is 0 Å². The Morgan fingerprint density at radius 3 is 3.00 bits per heavy atom. The van der Waals surface area contributed by atoms with Crippen LogP contribution in [0, 0.1) is 5.92 Å². The van der Waals surface area contributed by atoms with Crippen LogP contribution < -0.4 is 5.73 Å². The molecule has 7 heteroatoms. The van der Waals surface area contributed by atoms with E-state index >= 15 is 0 Å². The molecule has 1 fully saturated rings. The van der Waals surface area contributed by atoms with Gasteiger partial charge in [0.1, 0.15) is 5.65 Å². The number of aliphatic carboxylic acids is 1. The van der Waals surface area contributed by atoms with E-state index in [1.807, 2.05) is 34.9 Å². The third kappa shape index (κ3) is 3.13. The first-order valence-corrected chi connectivity index (χ1v) is 8.74. The molecule has 0 radical (unpaired) electrons. The van der Waals surface area contributed by atoms with Gasteiger partial charge in [0.15, 0.2) is 0 Å². The highest BCUT2D eigenvalue weighted by Gasteiger charge is 2.27. The summed E-state index contributed by atoms with van der Waals surface area (Å²) < 4.78 is 2.00. The Labute approximate surface area is 151 Å². The zero-order chi connectivity index (χ0) is 18.1. The number of hydrogen-bond donors (Lipinski definition) is 2. The second kappa shape index (κ2) is 6.76. The van der Waals surface area contributed by atoms with E-state index in [4.69, 9.17) is 10.7 Å². The first-order chi connectivity index (χ1) is 12.6. The van der Waals surface area contributed by atoms with Crippen molar-refractivity contribution in [1.82, 2.24) is 19.3 Å². The Morgan fingerprint density at radius 1 is 1.35 bits per heavy atom. The zero-order valence-electron chi connectivity index (χ0n) is 14.4. The van der Waals surface area contributed by atoms with Crippen molar-refractivity contribution in [3.8, 4) is 11.3 Å². The Bertz CT molecular complexity index is 938. The van der Waals surface area contributed by atoms with Gasteiger partial charge in [-0.25, -0.2) is 4.98 Å². The highest BCUT2D eigenvalue weighted by molar-refractivity contribution is 5.70. The predicted octanol–water partition coefficient (Wildman–Crippen LogP) is 2.28. The maximum atomic E-state index is 11.4.